The molecule has 198 valence electrons. The van der Waals surface area contributed by atoms with Gasteiger partial charge in [0.25, 0.3) is 0 Å². The molecular weight excluding hydrogens is 471 g/mol. The Morgan fingerprint density at radius 2 is 1.86 bits per heavy atom. The quantitative estimate of drug-likeness (QED) is 0.553. The van der Waals surface area contributed by atoms with Crippen molar-refractivity contribution in [2.24, 2.45) is 34.5 Å². The highest BCUT2D eigenvalue weighted by Crippen LogP contribution is 2.69. The molecular formula is C31H37FO5. The fourth-order valence-corrected chi connectivity index (χ4v) is 8.45. The zero-order chi connectivity index (χ0) is 26.8. The van der Waals surface area contributed by atoms with Gasteiger partial charge in [0.05, 0.1) is 11.7 Å². The van der Waals surface area contributed by atoms with E-state index >= 15 is 4.39 Å². The predicted molar refractivity (Wildman–Crippen MR) is 138 cm³/mol. The molecule has 2 unspecified atom stereocenters. The van der Waals surface area contributed by atoms with Crippen LogP contribution in [0.5, 0.6) is 0 Å². The Balaban J connectivity index is 1.36. The van der Waals surface area contributed by atoms with E-state index in [1.54, 1.807) is 25.1 Å². The summed E-state index contributed by atoms with van der Waals surface area (Å²) in [4.78, 5) is 38.1. The first-order valence-electron chi connectivity index (χ1n) is 13.6. The Morgan fingerprint density at radius 3 is 2.54 bits per heavy atom. The number of alkyl halides is 1. The van der Waals surface area contributed by atoms with Crippen molar-refractivity contribution in [2.45, 2.75) is 71.6 Å². The van der Waals surface area contributed by atoms with Crippen LogP contribution in [-0.2, 0) is 20.7 Å². The van der Waals surface area contributed by atoms with Gasteiger partial charge in [-0.15, -0.1) is 0 Å². The number of hydrogen-bond acceptors (Lipinski definition) is 5. The monoisotopic (exact) mass is 508 g/mol. The average Bonchev–Trinajstić information content (AvgIpc) is 3.13. The van der Waals surface area contributed by atoms with Gasteiger partial charge < -0.3 is 9.84 Å². The highest BCUT2D eigenvalue weighted by atomic mass is 19.1. The maximum absolute atomic E-state index is 17.2. The Morgan fingerprint density at radius 1 is 1.16 bits per heavy atom. The molecule has 0 spiro atoms. The largest absolute Gasteiger partial charge is 0.454 e. The lowest BCUT2D eigenvalue weighted by Crippen LogP contribution is -2.66. The van der Waals surface area contributed by atoms with Crippen molar-refractivity contribution in [2.75, 3.05) is 6.61 Å². The third kappa shape index (κ3) is 3.77. The molecule has 1 N–H and O–H groups in total. The second-order valence-electron chi connectivity index (χ2n) is 12.1. The summed E-state index contributed by atoms with van der Waals surface area (Å²) in [6, 6.07) is 7.16. The van der Waals surface area contributed by atoms with Crippen LogP contribution in [0.15, 0.2) is 48.1 Å². The molecule has 4 aliphatic carbocycles. The van der Waals surface area contributed by atoms with E-state index in [1.807, 2.05) is 32.9 Å². The van der Waals surface area contributed by atoms with Crippen molar-refractivity contribution in [3.05, 3.63) is 59.2 Å². The van der Waals surface area contributed by atoms with Gasteiger partial charge in [-0.2, -0.15) is 0 Å². The van der Waals surface area contributed by atoms with Gasteiger partial charge in [0, 0.05) is 17.3 Å². The van der Waals surface area contributed by atoms with E-state index in [1.165, 1.54) is 12.2 Å². The molecule has 0 bridgehead atoms. The fourth-order valence-electron chi connectivity index (χ4n) is 8.45. The van der Waals surface area contributed by atoms with Crippen LogP contribution in [0.4, 0.5) is 4.39 Å². The van der Waals surface area contributed by atoms with E-state index in [2.05, 4.69) is 0 Å². The van der Waals surface area contributed by atoms with Gasteiger partial charge in [-0.05, 0) is 86.1 Å². The van der Waals surface area contributed by atoms with E-state index in [-0.39, 0.29) is 36.4 Å². The maximum Gasteiger partial charge on any atom is 0.338 e. The van der Waals surface area contributed by atoms with Gasteiger partial charge in [-0.3, -0.25) is 9.59 Å². The highest BCUT2D eigenvalue weighted by molar-refractivity contribution is 6.01. The molecule has 4 aliphatic rings. The van der Waals surface area contributed by atoms with Crippen molar-refractivity contribution in [1.29, 1.82) is 0 Å². The van der Waals surface area contributed by atoms with Gasteiger partial charge in [0.15, 0.2) is 23.8 Å². The molecule has 5 nitrogen and oxygen atoms in total. The number of halogens is 1. The number of carbonyl (C=O) groups excluding carboxylic acids is 3. The molecule has 3 saturated carbocycles. The van der Waals surface area contributed by atoms with Crippen LogP contribution in [0.2, 0.25) is 0 Å². The number of aliphatic hydroxyl groups is 1. The molecule has 0 heterocycles. The normalized spacial score (nSPS) is 40.3. The first-order valence-corrected chi connectivity index (χ1v) is 13.6. The number of allylic oxidation sites excluding steroid dienone is 4. The van der Waals surface area contributed by atoms with Crippen molar-refractivity contribution in [3.8, 4) is 0 Å². The van der Waals surface area contributed by atoms with Crippen LogP contribution in [-0.4, -0.2) is 41.0 Å². The fraction of sp³-hybridized carbons (Fsp3) is 0.581. The molecule has 8 atom stereocenters. The average molecular weight is 509 g/mol. The lowest BCUT2D eigenvalue weighted by atomic mass is 9.45. The van der Waals surface area contributed by atoms with Crippen LogP contribution >= 0.6 is 0 Å². The minimum absolute atomic E-state index is 0.0205. The molecule has 0 radical (unpaired) electrons. The maximum atomic E-state index is 17.2. The molecule has 0 amide bonds. The summed E-state index contributed by atoms with van der Waals surface area (Å²) >= 11 is 0. The van der Waals surface area contributed by atoms with E-state index in [0.717, 1.165) is 17.6 Å². The summed E-state index contributed by atoms with van der Waals surface area (Å²) in [5.74, 6) is -1.81. The van der Waals surface area contributed by atoms with Crippen molar-refractivity contribution < 1.29 is 28.6 Å². The Labute approximate surface area is 218 Å². The molecule has 37 heavy (non-hydrogen) atoms. The van der Waals surface area contributed by atoms with Crippen molar-refractivity contribution in [1.82, 2.24) is 0 Å². The van der Waals surface area contributed by atoms with Crippen LogP contribution in [0.3, 0.4) is 0 Å². The van der Waals surface area contributed by atoms with E-state index < -0.39 is 40.4 Å². The number of aliphatic hydroxyl groups excluding tert-OH is 1. The lowest BCUT2D eigenvalue weighted by molar-refractivity contribution is -0.196. The Hall–Kier alpha value is -2.60. The molecule has 0 aromatic heterocycles. The first kappa shape index (κ1) is 26.0. The molecule has 3 fully saturated rings. The van der Waals surface area contributed by atoms with Crippen LogP contribution in [0.1, 0.15) is 69.3 Å². The minimum Gasteiger partial charge on any atom is -0.454 e. The summed E-state index contributed by atoms with van der Waals surface area (Å²) in [6.07, 6.45) is 6.17. The molecule has 1 aromatic carbocycles. The highest BCUT2D eigenvalue weighted by Gasteiger charge is 2.71. The number of carbonyl (C=O) groups is 3. The van der Waals surface area contributed by atoms with Crippen molar-refractivity contribution >= 4 is 17.5 Å². The zero-order valence-corrected chi connectivity index (χ0v) is 22.1. The van der Waals surface area contributed by atoms with Crippen LogP contribution < -0.4 is 0 Å². The standard InChI is InChI=1S/C31H37FO5/c1-5-19-6-8-20(9-7-19)28(36)37-17-25(34)27-18(2)14-24-23-11-10-21-15-22(33)12-13-30(21,4)31(23,32)26(35)16-29(24,27)3/h6-9,12-13,15,18,23-24,26-27,35H,5,10-11,14,16-17H2,1-4H3/t18-,23?,24-,26-,27?,29-,30-,31-/m0/s1. The first-order chi connectivity index (χ1) is 17.5. The third-order valence-corrected chi connectivity index (χ3v) is 10.3. The topological polar surface area (TPSA) is 80.7 Å². The number of esters is 1. The van der Waals surface area contributed by atoms with E-state index in [4.69, 9.17) is 4.74 Å². The van der Waals surface area contributed by atoms with Gasteiger partial charge >= 0.3 is 5.97 Å². The van der Waals surface area contributed by atoms with Gasteiger partial charge in [-0.1, -0.05) is 44.6 Å². The lowest BCUT2D eigenvalue weighted by Gasteiger charge is -2.61. The predicted octanol–water partition coefficient (Wildman–Crippen LogP) is 5.21. The summed E-state index contributed by atoms with van der Waals surface area (Å²) in [5, 5.41) is 11.4. The van der Waals surface area contributed by atoms with E-state index in [0.29, 0.717) is 24.8 Å². The van der Waals surface area contributed by atoms with Gasteiger partial charge in [0.1, 0.15) is 0 Å². The minimum atomic E-state index is -1.91. The number of aryl methyl sites for hydroxylation is 1. The van der Waals surface area contributed by atoms with Crippen LogP contribution in [0, 0.1) is 34.5 Å². The van der Waals surface area contributed by atoms with Gasteiger partial charge in [-0.25, -0.2) is 9.18 Å². The molecule has 1 aromatic rings. The number of ketones is 2. The second-order valence-corrected chi connectivity index (χ2v) is 12.1. The van der Waals surface area contributed by atoms with Crippen LogP contribution in [0.25, 0.3) is 0 Å². The number of rotatable bonds is 5. The third-order valence-electron chi connectivity index (χ3n) is 10.3. The van der Waals surface area contributed by atoms with Gasteiger partial charge in [0.2, 0.25) is 0 Å². The number of fused-ring (bicyclic) bond motifs is 5. The summed E-state index contributed by atoms with van der Waals surface area (Å²) in [6.45, 7) is 7.52. The smallest absolute Gasteiger partial charge is 0.338 e. The van der Waals surface area contributed by atoms with E-state index in [9.17, 15) is 19.5 Å². The Bertz CT molecular complexity index is 1180. The summed E-state index contributed by atoms with van der Waals surface area (Å²) in [7, 11) is 0. The number of Topliss-reactive ketones (excluding diaryl/α,β-unsaturated/α-hetero) is 1. The molecule has 0 saturated heterocycles. The second kappa shape index (κ2) is 9.00. The summed E-state index contributed by atoms with van der Waals surface area (Å²) < 4.78 is 22.6. The number of ether oxygens (including phenoxy) is 1. The SMILES string of the molecule is CCc1ccc(C(=O)OCC(=O)C2[C@@H](C)C[C@H]3C4CCC5=CC(=O)C=C[C@]5(C)[C@@]4(F)[C@@H](O)C[C@]23C)cc1. The Kier molecular flexibility index (Phi) is 6.33. The number of hydrogen-bond donors (Lipinski definition) is 1. The molecule has 5 rings (SSSR count). The molecule has 6 heteroatoms. The van der Waals surface area contributed by atoms with Crippen molar-refractivity contribution in [3.63, 3.8) is 0 Å². The molecule has 0 aliphatic heterocycles. The summed E-state index contributed by atoms with van der Waals surface area (Å²) in [5.41, 5.74) is -1.29. The number of benzene rings is 1. The zero-order valence-electron chi connectivity index (χ0n) is 22.1.